The standard InChI is InChI=1S/C20H27N3O5/c1-22(2)13-16-12-20(18(25)28-16)8-10-23(11-9-20)19(26)21-15-6-4-14(5-7-15)17(24)27-3/h4-7,16H,8-13H2,1-3H3,(H,21,26). The summed E-state index contributed by atoms with van der Waals surface area (Å²) < 4.78 is 10.2. The zero-order valence-corrected chi connectivity index (χ0v) is 16.6. The normalized spacial score (nSPS) is 20.9. The van der Waals surface area contributed by atoms with Gasteiger partial charge >= 0.3 is 18.0 Å². The molecule has 0 aromatic heterocycles. The molecule has 1 atom stereocenters. The molecule has 2 amide bonds. The van der Waals surface area contributed by atoms with Gasteiger partial charge in [0.05, 0.1) is 18.1 Å². The van der Waals surface area contributed by atoms with Gasteiger partial charge in [0.15, 0.2) is 0 Å². The van der Waals surface area contributed by atoms with E-state index in [-0.39, 0.29) is 18.1 Å². The molecule has 1 spiro atoms. The van der Waals surface area contributed by atoms with Gasteiger partial charge in [-0.25, -0.2) is 9.59 Å². The van der Waals surface area contributed by atoms with E-state index in [0.717, 1.165) is 6.54 Å². The molecule has 2 saturated heterocycles. The third kappa shape index (κ3) is 4.27. The van der Waals surface area contributed by atoms with Crippen LogP contribution in [0, 0.1) is 5.41 Å². The van der Waals surface area contributed by atoms with E-state index in [1.165, 1.54) is 7.11 Å². The van der Waals surface area contributed by atoms with Crippen LogP contribution in [0.15, 0.2) is 24.3 Å². The number of anilines is 1. The number of ether oxygens (including phenoxy) is 2. The lowest BCUT2D eigenvalue weighted by molar-refractivity contribution is -0.150. The number of likely N-dealkylation sites (N-methyl/N-ethyl adjacent to an activating group) is 1. The van der Waals surface area contributed by atoms with Crippen LogP contribution >= 0.6 is 0 Å². The van der Waals surface area contributed by atoms with Crippen molar-refractivity contribution in [3.63, 3.8) is 0 Å². The zero-order chi connectivity index (χ0) is 20.3. The van der Waals surface area contributed by atoms with E-state index in [0.29, 0.717) is 43.6 Å². The van der Waals surface area contributed by atoms with E-state index in [1.807, 2.05) is 19.0 Å². The van der Waals surface area contributed by atoms with Crippen molar-refractivity contribution >= 4 is 23.7 Å². The molecule has 3 rings (SSSR count). The molecule has 1 unspecified atom stereocenters. The molecule has 2 aliphatic heterocycles. The number of amides is 2. The molecule has 1 N–H and O–H groups in total. The number of carbonyl (C=O) groups is 3. The number of nitrogens with one attached hydrogen (secondary N) is 1. The Morgan fingerprint density at radius 1 is 1.25 bits per heavy atom. The molecular weight excluding hydrogens is 362 g/mol. The molecule has 0 saturated carbocycles. The molecule has 0 radical (unpaired) electrons. The third-order valence-electron chi connectivity index (χ3n) is 5.46. The molecule has 2 fully saturated rings. The summed E-state index contributed by atoms with van der Waals surface area (Å²) >= 11 is 0. The van der Waals surface area contributed by atoms with Crippen molar-refractivity contribution in [3.05, 3.63) is 29.8 Å². The molecule has 1 aromatic rings. The van der Waals surface area contributed by atoms with Gasteiger partial charge in [-0.3, -0.25) is 4.79 Å². The number of rotatable bonds is 4. The van der Waals surface area contributed by atoms with E-state index in [9.17, 15) is 14.4 Å². The minimum Gasteiger partial charge on any atom is -0.465 e. The number of benzene rings is 1. The monoisotopic (exact) mass is 389 g/mol. The second kappa shape index (κ2) is 8.18. The second-order valence-corrected chi connectivity index (χ2v) is 7.76. The Morgan fingerprint density at radius 2 is 1.89 bits per heavy atom. The average molecular weight is 389 g/mol. The molecule has 2 heterocycles. The number of nitrogens with zero attached hydrogens (tertiary/aromatic N) is 2. The predicted octanol–water partition coefficient (Wildman–Crippen LogP) is 1.96. The Labute approximate surface area is 164 Å². The fourth-order valence-electron chi connectivity index (χ4n) is 3.90. The maximum Gasteiger partial charge on any atom is 0.337 e. The predicted molar refractivity (Wildman–Crippen MR) is 103 cm³/mol. The van der Waals surface area contributed by atoms with Gasteiger partial charge in [0.2, 0.25) is 0 Å². The first-order valence-corrected chi connectivity index (χ1v) is 9.43. The summed E-state index contributed by atoms with van der Waals surface area (Å²) in [5, 5.41) is 2.83. The van der Waals surface area contributed by atoms with Crippen LogP contribution in [0.25, 0.3) is 0 Å². The van der Waals surface area contributed by atoms with Crippen LogP contribution in [-0.4, -0.2) is 74.7 Å². The van der Waals surface area contributed by atoms with Crippen LogP contribution in [0.4, 0.5) is 10.5 Å². The van der Waals surface area contributed by atoms with Gasteiger partial charge in [0, 0.05) is 31.7 Å². The number of hydrogen-bond donors (Lipinski definition) is 1. The topological polar surface area (TPSA) is 88.2 Å². The first kappa shape index (κ1) is 20.1. The van der Waals surface area contributed by atoms with Crippen molar-refractivity contribution < 1.29 is 23.9 Å². The summed E-state index contributed by atoms with van der Waals surface area (Å²) in [7, 11) is 5.25. The summed E-state index contributed by atoms with van der Waals surface area (Å²) in [5.41, 5.74) is 0.566. The number of methoxy groups -OCH3 is 1. The van der Waals surface area contributed by atoms with Gasteiger partial charge < -0.3 is 24.6 Å². The summed E-state index contributed by atoms with van der Waals surface area (Å²) in [6.07, 6.45) is 1.87. The summed E-state index contributed by atoms with van der Waals surface area (Å²) in [4.78, 5) is 40.2. The highest BCUT2D eigenvalue weighted by Gasteiger charge is 2.50. The molecule has 8 heteroatoms. The molecule has 1 aromatic carbocycles. The number of esters is 2. The van der Waals surface area contributed by atoms with Crippen LogP contribution in [0.2, 0.25) is 0 Å². The van der Waals surface area contributed by atoms with Crippen LogP contribution < -0.4 is 5.32 Å². The van der Waals surface area contributed by atoms with Crippen molar-refractivity contribution in [1.29, 1.82) is 0 Å². The number of likely N-dealkylation sites (tertiary alicyclic amines) is 1. The summed E-state index contributed by atoms with van der Waals surface area (Å²) in [6.45, 7) is 1.74. The first-order chi connectivity index (χ1) is 13.3. The van der Waals surface area contributed by atoms with Gasteiger partial charge in [-0.15, -0.1) is 0 Å². The highest BCUT2D eigenvalue weighted by atomic mass is 16.6. The van der Waals surface area contributed by atoms with E-state index >= 15 is 0 Å². The molecule has 0 bridgehead atoms. The quantitative estimate of drug-likeness (QED) is 0.792. The minimum absolute atomic E-state index is 0.0730. The lowest BCUT2D eigenvalue weighted by atomic mass is 9.76. The maximum atomic E-state index is 12.5. The fraction of sp³-hybridized carbons (Fsp3) is 0.550. The minimum atomic E-state index is -0.459. The molecule has 0 aliphatic carbocycles. The Morgan fingerprint density at radius 3 is 2.46 bits per heavy atom. The molecular formula is C20H27N3O5. The Kier molecular flexibility index (Phi) is 5.88. The molecule has 28 heavy (non-hydrogen) atoms. The third-order valence-corrected chi connectivity index (χ3v) is 5.46. The largest absolute Gasteiger partial charge is 0.465 e. The second-order valence-electron chi connectivity index (χ2n) is 7.76. The summed E-state index contributed by atoms with van der Waals surface area (Å²) in [6, 6.07) is 6.32. The van der Waals surface area contributed by atoms with Crippen LogP contribution in [-0.2, 0) is 14.3 Å². The van der Waals surface area contributed by atoms with Crippen molar-refractivity contribution in [2.75, 3.05) is 46.2 Å². The van der Waals surface area contributed by atoms with E-state index in [1.54, 1.807) is 29.2 Å². The lowest BCUT2D eigenvalue weighted by Crippen LogP contribution is -2.46. The van der Waals surface area contributed by atoms with Crippen molar-refractivity contribution in [1.82, 2.24) is 9.80 Å². The number of urea groups is 1. The SMILES string of the molecule is COC(=O)c1ccc(NC(=O)N2CCC3(CC2)CC(CN(C)C)OC3=O)cc1. The maximum absolute atomic E-state index is 12.5. The molecule has 2 aliphatic rings. The molecule has 152 valence electrons. The first-order valence-electron chi connectivity index (χ1n) is 9.43. The highest BCUT2D eigenvalue weighted by molar-refractivity contribution is 5.92. The Hall–Kier alpha value is -2.61. The van der Waals surface area contributed by atoms with Gasteiger partial charge in [0.25, 0.3) is 0 Å². The summed E-state index contributed by atoms with van der Waals surface area (Å²) in [5.74, 6) is -0.548. The number of cyclic esters (lactones) is 1. The van der Waals surface area contributed by atoms with Crippen LogP contribution in [0.1, 0.15) is 29.6 Å². The van der Waals surface area contributed by atoms with Gasteiger partial charge in [-0.2, -0.15) is 0 Å². The number of piperidine rings is 1. The van der Waals surface area contributed by atoms with Crippen molar-refractivity contribution in [3.8, 4) is 0 Å². The highest BCUT2D eigenvalue weighted by Crippen LogP contribution is 2.43. The van der Waals surface area contributed by atoms with Crippen molar-refractivity contribution in [2.24, 2.45) is 5.41 Å². The lowest BCUT2D eigenvalue weighted by Gasteiger charge is -2.36. The van der Waals surface area contributed by atoms with E-state index < -0.39 is 11.4 Å². The van der Waals surface area contributed by atoms with Gasteiger partial charge in [-0.1, -0.05) is 0 Å². The Balaban J connectivity index is 1.54. The number of carbonyl (C=O) groups excluding carboxylic acids is 3. The Bertz CT molecular complexity index is 739. The average Bonchev–Trinajstić information content (AvgIpc) is 2.96. The van der Waals surface area contributed by atoms with Crippen molar-refractivity contribution in [2.45, 2.75) is 25.4 Å². The van der Waals surface area contributed by atoms with Crippen LogP contribution in [0.5, 0.6) is 0 Å². The van der Waals surface area contributed by atoms with Crippen LogP contribution in [0.3, 0.4) is 0 Å². The van der Waals surface area contributed by atoms with Gasteiger partial charge in [-0.05, 0) is 51.2 Å². The van der Waals surface area contributed by atoms with E-state index in [2.05, 4.69) is 10.1 Å². The molecule has 8 nitrogen and oxygen atoms in total. The van der Waals surface area contributed by atoms with Gasteiger partial charge in [0.1, 0.15) is 6.10 Å². The number of hydrogen-bond acceptors (Lipinski definition) is 6. The smallest absolute Gasteiger partial charge is 0.337 e. The zero-order valence-electron chi connectivity index (χ0n) is 16.6. The fourth-order valence-corrected chi connectivity index (χ4v) is 3.90. The van der Waals surface area contributed by atoms with E-state index in [4.69, 9.17) is 4.74 Å².